The number of phosphoric acid groups is 1. The molecule has 0 saturated carbocycles. The Kier molecular flexibility index (Phi) is 35.6. The van der Waals surface area contributed by atoms with Crippen LogP contribution in [0.5, 0.6) is 0 Å². The fourth-order valence-corrected chi connectivity index (χ4v) is 6.07. The topological polar surface area (TPSA) is 172 Å². The summed E-state index contributed by atoms with van der Waals surface area (Å²) in [7, 11) is -4.73. The molecule has 54 heavy (non-hydrogen) atoms. The smallest absolute Gasteiger partial charge is 0.472 e. The summed E-state index contributed by atoms with van der Waals surface area (Å²) in [4.78, 5) is 45.8. The van der Waals surface area contributed by atoms with Gasteiger partial charge in [0.25, 0.3) is 0 Å². The number of phosphoric ester groups is 1. The zero-order valence-electron chi connectivity index (χ0n) is 33.6. The van der Waals surface area contributed by atoms with Crippen molar-refractivity contribution in [3.63, 3.8) is 0 Å². The molecule has 1 unspecified atom stereocenters. The Morgan fingerprint density at radius 1 is 0.574 bits per heavy atom. The molecule has 0 heterocycles. The molecule has 0 saturated heterocycles. The van der Waals surface area contributed by atoms with Crippen LogP contribution in [0.3, 0.4) is 0 Å². The summed E-state index contributed by atoms with van der Waals surface area (Å²) in [5, 5.41) is 8.87. The number of carboxylic acids is 1. The molecule has 4 N–H and O–H groups in total. The van der Waals surface area contributed by atoms with Gasteiger partial charge in [0.15, 0.2) is 6.10 Å². The number of ether oxygens (including phenoxy) is 2. The highest BCUT2D eigenvalue weighted by atomic mass is 31.2. The third kappa shape index (κ3) is 36.4. The molecule has 312 valence electrons. The third-order valence-electron chi connectivity index (χ3n) is 8.58. The van der Waals surface area contributed by atoms with Gasteiger partial charge >= 0.3 is 25.7 Å². The minimum absolute atomic E-state index is 0.0855. The van der Waals surface area contributed by atoms with Crippen molar-refractivity contribution in [1.82, 2.24) is 0 Å². The number of rotatable bonds is 38. The number of hydrogen-bond donors (Lipinski definition) is 3. The molecule has 0 spiro atoms. The second kappa shape index (κ2) is 37.4. The Hall–Kier alpha value is -2.56. The van der Waals surface area contributed by atoms with Crippen molar-refractivity contribution in [2.24, 2.45) is 5.73 Å². The van der Waals surface area contributed by atoms with E-state index in [0.717, 1.165) is 44.9 Å². The van der Waals surface area contributed by atoms with Gasteiger partial charge in [0.05, 0.1) is 13.2 Å². The Labute approximate surface area is 326 Å². The zero-order chi connectivity index (χ0) is 40.0. The first-order chi connectivity index (χ1) is 26.1. The van der Waals surface area contributed by atoms with Crippen LogP contribution in [-0.2, 0) is 37.5 Å². The van der Waals surface area contributed by atoms with E-state index < -0.39 is 51.1 Å². The summed E-state index contributed by atoms with van der Waals surface area (Å²) in [6.45, 7) is 2.71. The van der Waals surface area contributed by atoms with Gasteiger partial charge in [0, 0.05) is 12.8 Å². The molecule has 0 aromatic rings. The van der Waals surface area contributed by atoms with Crippen LogP contribution in [0.1, 0.15) is 168 Å². The standard InChI is InChI=1S/C42H74NO10P/c1-3-5-7-9-11-13-15-17-18-19-20-22-24-26-28-30-32-34-41(45)53-38(36-51-54(48,49)52-37-39(43)42(46)47)35-50-40(44)33-31-29-27-25-23-21-16-14-12-10-8-6-4-2/h11,13,17-18,20,22,26,28,38-39H,3-10,12,14-16,19,21,23-25,27,29-37,43H2,1-2H3,(H,46,47)(H,48,49)/t38-,39+/m1/s1. The van der Waals surface area contributed by atoms with E-state index in [0.29, 0.717) is 19.3 Å². The first-order valence-electron chi connectivity index (χ1n) is 20.7. The van der Waals surface area contributed by atoms with Crippen LogP contribution >= 0.6 is 7.82 Å². The monoisotopic (exact) mass is 784 g/mol. The Morgan fingerprint density at radius 2 is 1.00 bits per heavy atom. The van der Waals surface area contributed by atoms with Crippen LogP contribution in [0.2, 0.25) is 0 Å². The molecular formula is C42H74NO10P. The lowest BCUT2D eigenvalue weighted by Crippen LogP contribution is -2.34. The summed E-state index contributed by atoms with van der Waals surface area (Å²) in [5.74, 6) is -2.45. The van der Waals surface area contributed by atoms with Crippen molar-refractivity contribution in [3.8, 4) is 0 Å². The van der Waals surface area contributed by atoms with Gasteiger partial charge in [-0.15, -0.1) is 0 Å². The summed E-state index contributed by atoms with van der Waals surface area (Å²) in [5.41, 5.74) is 5.32. The van der Waals surface area contributed by atoms with Gasteiger partial charge in [-0.25, -0.2) is 4.57 Å². The van der Waals surface area contributed by atoms with Crippen LogP contribution in [0, 0.1) is 0 Å². The molecular weight excluding hydrogens is 709 g/mol. The molecule has 0 aliphatic carbocycles. The average Bonchev–Trinajstić information content (AvgIpc) is 3.14. The number of nitrogens with two attached hydrogens (primary N) is 1. The van der Waals surface area contributed by atoms with Crippen molar-refractivity contribution < 1.29 is 47.5 Å². The van der Waals surface area contributed by atoms with Crippen LogP contribution in [0.15, 0.2) is 48.6 Å². The second-order valence-electron chi connectivity index (χ2n) is 13.8. The lowest BCUT2D eigenvalue weighted by Gasteiger charge is -2.20. The lowest BCUT2D eigenvalue weighted by atomic mass is 10.0. The Bertz CT molecular complexity index is 1110. The second-order valence-corrected chi connectivity index (χ2v) is 15.2. The molecule has 0 radical (unpaired) electrons. The number of carbonyl (C=O) groups is 3. The number of carboxylic acid groups (broad SMARTS) is 1. The summed E-state index contributed by atoms with van der Waals surface area (Å²) in [6, 6.07) is -1.53. The van der Waals surface area contributed by atoms with Gasteiger partial charge in [-0.1, -0.05) is 152 Å². The summed E-state index contributed by atoms with van der Waals surface area (Å²) < 4.78 is 32.6. The molecule has 0 aromatic carbocycles. The molecule has 11 nitrogen and oxygen atoms in total. The largest absolute Gasteiger partial charge is 0.480 e. The zero-order valence-corrected chi connectivity index (χ0v) is 34.4. The quantitative estimate of drug-likeness (QED) is 0.0235. The number of carbonyl (C=O) groups excluding carboxylic acids is 2. The SMILES string of the molecule is CCCCCC=CCC=CCC=CCC=CCCCC(=O)O[C@H](COC(=O)CCCCCCCCCCCCCCC)COP(=O)(O)OC[C@H](N)C(=O)O. The highest BCUT2D eigenvalue weighted by Crippen LogP contribution is 2.43. The number of hydrogen-bond acceptors (Lipinski definition) is 9. The fraction of sp³-hybridized carbons (Fsp3) is 0.738. The molecule has 0 aromatic heterocycles. The highest BCUT2D eigenvalue weighted by molar-refractivity contribution is 7.47. The highest BCUT2D eigenvalue weighted by Gasteiger charge is 2.28. The van der Waals surface area contributed by atoms with E-state index in [2.05, 4.69) is 54.8 Å². The van der Waals surface area contributed by atoms with E-state index in [9.17, 15) is 23.8 Å². The van der Waals surface area contributed by atoms with E-state index in [1.807, 2.05) is 12.2 Å². The predicted octanol–water partition coefficient (Wildman–Crippen LogP) is 10.6. The fourth-order valence-electron chi connectivity index (χ4n) is 5.29. The third-order valence-corrected chi connectivity index (χ3v) is 9.53. The van der Waals surface area contributed by atoms with Crippen LogP contribution in [-0.4, -0.2) is 59.9 Å². The molecule has 12 heteroatoms. The predicted molar refractivity (Wildman–Crippen MR) is 217 cm³/mol. The van der Waals surface area contributed by atoms with Crippen LogP contribution < -0.4 is 5.73 Å². The maximum Gasteiger partial charge on any atom is 0.472 e. The van der Waals surface area contributed by atoms with E-state index in [4.69, 9.17) is 24.8 Å². The number of allylic oxidation sites excluding steroid dienone is 8. The van der Waals surface area contributed by atoms with E-state index in [1.165, 1.54) is 77.0 Å². The van der Waals surface area contributed by atoms with E-state index in [-0.39, 0.29) is 19.4 Å². The summed E-state index contributed by atoms with van der Waals surface area (Å²) >= 11 is 0. The van der Waals surface area contributed by atoms with E-state index in [1.54, 1.807) is 0 Å². The Balaban J connectivity index is 4.50. The van der Waals surface area contributed by atoms with Gasteiger partial charge in [-0.05, 0) is 51.4 Å². The molecule has 0 aliphatic heterocycles. The van der Waals surface area contributed by atoms with Gasteiger partial charge in [0.2, 0.25) is 0 Å². The van der Waals surface area contributed by atoms with Crippen LogP contribution in [0.4, 0.5) is 0 Å². The maximum absolute atomic E-state index is 12.6. The molecule has 0 fully saturated rings. The summed E-state index contributed by atoms with van der Waals surface area (Å²) in [6.07, 6.45) is 40.4. The van der Waals surface area contributed by atoms with Gasteiger partial charge < -0.3 is 25.2 Å². The maximum atomic E-state index is 12.6. The van der Waals surface area contributed by atoms with Crippen molar-refractivity contribution >= 4 is 25.7 Å². The van der Waals surface area contributed by atoms with Gasteiger partial charge in [0.1, 0.15) is 12.6 Å². The minimum atomic E-state index is -4.73. The van der Waals surface area contributed by atoms with Gasteiger partial charge in [-0.3, -0.25) is 23.4 Å². The first kappa shape index (κ1) is 51.4. The number of unbranched alkanes of at least 4 members (excludes halogenated alkanes) is 16. The van der Waals surface area contributed by atoms with E-state index >= 15 is 0 Å². The van der Waals surface area contributed by atoms with Crippen molar-refractivity contribution in [2.75, 3.05) is 19.8 Å². The molecule has 0 aliphatic rings. The van der Waals surface area contributed by atoms with Crippen molar-refractivity contribution in [3.05, 3.63) is 48.6 Å². The number of aliphatic carboxylic acids is 1. The number of esters is 2. The molecule has 0 rings (SSSR count). The van der Waals surface area contributed by atoms with Crippen molar-refractivity contribution in [2.45, 2.75) is 180 Å². The normalized spacial score (nSPS) is 14.3. The van der Waals surface area contributed by atoms with Crippen LogP contribution in [0.25, 0.3) is 0 Å². The molecule has 0 amide bonds. The van der Waals surface area contributed by atoms with Gasteiger partial charge in [-0.2, -0.15) is 0 Å². The minimum Gasteiger partial charge on any atom is -0.480 e. The molecule has 3 atom stereocenters. The lowest BCUT2D eigenvalue weighted by molar-refractivity contribution is -0.161. The average molecular weight is 784 g/mol. The molecule has 0 bridgehead atoms. The Morgan fingerprint density at radius 3 is 1.52 bits per heavy atom. The van der Waals surface area contributed by atoms with Crippen molar-refractivity contribution in [1.29, 1.82) is 0 Å². The first-order valence-corrected chi connectivity index (χ1v) is 22.2.